The maximum atomic E-state index is 11.0. The van der Waals surface area contributed by atoms with Crippen LogP contribution < -0.4 is 0 Å². The Balaban J connectivity index is 2.58. The summed E-state index contributed by atoms with van der Waals surface area (Å²) in [4.78, 5) is 3.29. The number of hydrogen-bond acceptors (Lipinski definition) is 2. The molecule has 19 heavy (non-hydrogen) atoms. The van der Waals surface area contributed by atoms with Crippen molar-refractivity contribution >= 4 is 10.7 Å². The third-order valence-electron chi connectivity index (χ3n) is 3.24. The molecule has 0 aliphatic carbocycles. The third-order valence-corrected chi connectivity index (χ3v) is 3.84. The zero-order valence-electron chi connectivity index (χ0n) is 11.5. The quantitative estimate of drug-likeness (QED) is 0.844. The van der Waals surface area contributed by atoms with Gasteiger partial charge in [-0.1, -0.05) is 30.7 Å². The monoisotopic (exact) mass is 277 g/mol. The molecule has 0 atom stereocenters. The molecule has 1 aromatic heterocycles. The van der Waals surface area contributed by atoms with Crippen molar-refractivity contribution in [2.24, 2.45) is 0 Å². The smallest absolute Gasteiger partial charge is 0.144 e. The summed E-state index contributed by atoms with van der Waals surface area (Å²) in [5.74, 6) is 0.0893. The van der Waals surface area contributed by atoms with Gasteiger partial charge in [0.2, 0.25) is 0 Å². The fourth-order valence-corrected chi connectivity index (χ4v) is 2.94. The second-order valence-electron chi connectivity index (χ2n) is 4.86. The Bertz CT molecular complexity index is 661. The Morgan fingerprint density at radius 3 is 2.47 bits per heavy atom. The fraction of sp³-hybridized carbons (Fsp3) is 0.333. The van der Waals surface area contributed by atoms with Crippen molar-refractivity contribution in [3.8, 4) is 11.3 Å². The molecule has 0 spiro atoms. The van der Waals surface area contributed by atoms with Gasteiger partial charge in [-0.3, -0.25) is 0 Å². The van der Waals surface area contributed by atoms with Crippen molar-refractivity contribution < 1.29 is 8.42 Å². The highest BCUT2D eigenvalue weighted by molar-refractivity contribution is 7.71. The number of benzene rings is 1. The molecule has 3 nitrogen and oxygen atoms in total. The summed E-state index contributed by atoms with van der Waals surface area (Å²) in [6.45, 7) is 6.13. The van der Waals surface area contributed by atoms with Crippen LogP contribution in [0, 0.1) is 13.8 Å². The molecule has 0 fully saturated rings. The summed E-state index contributed by atoms with van der Waals surface area (Å²) in [6.07, 6.45) is 0.929. The molecule has 0 saturated carbocycles. The average Bonchev–Trinajstić information content (AvgIpc) is 2.69. The first-order valence-corrected chi connectivity index (χ1v) is 7.77. The van der Waals surface area contributed by atoms with E-state index >= 15 is 0 Å². The second-order valence-corrected chi connectivity index (χ2v) is 5.84. The summed E-state index contributed by atoms with van der Waals surface area (Å²) in [5.41, 5.74) is 6.35. The third kappa shape index (κ3) is 3.07. The lowest BCUT2D eigenvalue weighted by molar-refractivity contribution is 0.614. The van der Waals surface area contributed by atoms with Gasteiger partial charge in [0.1, 0.15) is 10.7 Å². The van der Waals surface area contributed by atoms with Gasteiger partial charge in [0.15, 0.2) is 0 Å². The lowest BCUT2D eigenvalue weighted by atomic mass is 9.98. The van der Waals surface area contributed by atoms with Crippen molar-refractivity contribution in [1.29, 1.82) is 0 Å². The van der Waals surface area contributed by atoms with Gasteiger partial charge in [-0.05, 0) is 37.5 Å². The lowest BCUT2D eigenvalue weighted by Crippen LogP contribution is -1.94. The van der Waals surface area contributed by atoms with Gasteiger partial charge in [-0.15, -0.1) is 0 Å². The van der Waals surface area contributed by atoms with Crippen LogP contribution >= 0.6 is 0 Å². The summed E-state index contributed by atoms with van der Waals surface area (Å²) in [5, 5.41) is 0. The van der Waals surface area contributed by atoms with Crippen molar-refractivity contribution in [3.63, 3.8) is 0 Å². The van der Waals surface area contributed by atoms with E-state index in [0.717, 1.165) is 28.9 Å². The van der Waals surface area contributed by atoms with Crippen molar-refractivity contribution in [1.82, 2.24) is 4.98 Å². The maximum absolute atomic E-state index is 11.0. The van der Waals surface area contributed by atoms with Crippen molar-refractivity contribution in [2.75, 3.05) is 0 Å². The van der Waals surface area contributed by atoms with E-state index in [-0.39, 0.29) is 5.75 Å². The standard InChI is InChI=1S/C15H19NO2S/c1-4-12-7-10(2)5-6-14(12)15-13(9-19(17)18)8-11(3)16-15/h5-8,16,19H,4,9H2,1-3H3. The molecule has 4 heteroatoms. The van der Waals surface area contributed by atoms with E-state index in [1.54, 1.807) is 0 Å². The normalized spacial score (nSPS) is 11.2. The van der Waals surface area contributed by atoms with Crippen LogP contribution in [-0.2, 0) is 22.9 Å². The minimum atomic E-state index is -2.41. The van der Waals surface area contributed by atoms with Crippen LogP contribution in [0.4, 0.5) is 0 Å². The molecule has 1 heterocycles. The summed E-state index contributed by atoms with van der Waals surface area (Å²) >= 11 is 0. The van der Waals surface area contributed by atoms with Crippen LogP contribution in [-0.4, -0.2) is 13.4 Å². The first-order valence-electron chi connectivity index (χ1n) is 6.41. The largest absolute Gasteiger partial charge is 0.358 e. The molecule has 0 saturated heterocycles. The lowest BCUT2D eigenvalue weighted by Gasteiger charge is -2.09. The van der Waals surface area contributed by atoms with Crippen molar-refractivity contribution in [3.05, 3.63) is 46.6 Å². The topological polar surface area (TPSA) is 49.9 Å². The van der Waals surface area contributed by atoms with Crippen LogP contribution in [0.15, 0.2) is 24.3 Å². The van der Waals surface area contributed by atoms with Gasteiger partial charge >= 0.3 is 0 Å². The van der Waals surface area contributed by atoms with Gasteiger partial charge in [0, 0.05) is 11.3 Å². The Labute approximate surface area is 115 Å². The number of aromatic nitrogens is 1. The second kappa shape index (κ2) is 5.61. The number of aryl methyl sites for hydroxylation is 3. The van der Waals surface area contributed by atoms with E-state index in [9.17, 15) is 8.42 Å². The highest BCUT2D eigenvalue weighted by Gasteiger charge is 2.12. The highest BCUT2D eigenvalue weighted by atomic mass is 32.2. The van der Waals surface area contributed by atoms with Crippen LogP contribution in [0.1, 0.15) is 29.3 Å². The predicted octanol–water partition coefficient (Wildman–Crippen LogP) is 2.97. The SMILES string of the molecule is CCc1cc(C)ccc1-c1[nH]c(C)cc1C[SH](=O)=O. The molecule has 0 aliphatic rings. The van der Waals surface area contributed by atoms with Gasteiger partial charge in [0.05, 0.1) is 11.4 Å². The van der Waals surface area contributed by atoms with Crippen LogP contribution in [0.3, 0.4) is 0 Å². The van der Waals surface area contributed by atoms with Crippen LogP contribution in [0.2, 0.25) is 0 Å². The average molecular weight is 277 g/mol. The van der Waals surface area contributed by atoms with Gasteiger partial charge in [-0.25, -0.2) is 8.42 Å². The number of hydrogen-bond donors (Lipinski definition) is 2. The zero-order chi connectivity index (χ0) is 14.0. The van der Waals surface area contributed by atoms with Crippen molar-refractivity contribution in [2.45, 2.75) is 32.9 Å². The molecule has 2 rings (SSSR count). The number of H-pyrrole nitrogens is 1. The van der Waals surface area contributed by atoms with Gasteiger partial charge in [-0.2, -0.15) is 0 Å². The van der Waals surface area contributed by atoms with E-state index in [2.05, 4.69) is 37.0 Å². The molecule has 0 aliphatic heterocycles. The first-order chi connectivity index (χ1) is 9.01. The van der Waals surface area contributed by atoms with Gasteiger partial charge in [0.25, 0.3) is 0 Å². The molecular weight excluding hydrogens is 258 g/mol. The van der Waals surface area contributed by atoms with E-state index in [0.29, 0.717) is 0 Å². The molecular formula is C15H19NO2S. The Morgan fingerprint density at radius 2 is 1.84 bits per heavy atom. The van der Waals surface area contributed by atoms with Gasteiger partial charge < -0.3 is 4.98 Å². The minimum absolute atomic E-state index is 0.0893. The minimum Gasteiger partial charge on any atom is -0.358 e. The number of nitrogens with one attached hydrogen (secondary N) is 1. The fourth-order valence-electron chi connectivity index (χ4n) is 2.41. The molecule has 1 N–H and O–H groups in total. The van der Waals surface area contributed by atoms with E-state index < -0.39 is 10.7 Å². The molecule has 1 aromatic carbocycles. The Hall–Kier alpha value is -1.55. The molecule has 0 amide bonds. The van der Waals surface area contributed by atoms with Crippen LogP contribution in [0.25, 0.3) is 11.3 Å². The molecule has 0 radical (unpaired) electrons. The first kappa shape index (κ1) is 13.9. The number of rotatable bonds is 4. The number of thiol groups is 1. The summed E-state index contributed by atoms with van der Waals surface area (Å²) < 4.78 is 22.0. The van der Waals surface area contributed by atoms with E-state index in [1.807, 2.05) is 13.0 Å². The molecule has 0 unspecified atom stereocenters. The van der Waals surface area contributed by atoms with E-state index in [1.165, 1.54) is 11.1 Å². The number of aromatic amines is 1. The molecule has 0 bridgehead atoms. The molecule has 2 aromatic rings. The predicted molar refractivity (Wildman–Crippen MR) is 79.1 cm³/mol. The Morgan fingerprint density at radius 1 is 1.11 bits per heavy atom. The highest BCUT2D eigenvalue weighted by Crippen LogP contribution is 2.28. The molecule has 102 valence electrons. The summed E-state index contributed by atoms with van der Waals surface area (Å²) in [6, 6.07) is 8.21. The van der Waals surface area contributed by atoms with Crippen LogP contribution in [0.5, 0.6) is 0 Å². The van der Waals surface area contributed by atoms with E-state index in [4.69, 9.17) is 0 Å². The Kier molecular flexibility index (Phi) is 4.10. The summed E-state index contributed by atoms with van der Waals surface area (Å²) in [7, 11) is -2.41. The zero-order valence-corrected chi connectivity index (χ0v) is 12.4. The maximum Gasteiger partial charge on any atom is 0.144 e.